The van der Waals surface area contributed by atoms with Crippen LogP contribution in [-0.4, -0.2) is 47.2 Å². The number of carbonyl (C=O) groups is 1. The van der Waals surface area contributed by atoms with Crippen LogP contribution in [0.25, 0.3) is 0 Å². The molecule has 1 amide bonds. The highest BCUT2D eigenvalue weighted by atomic mass is 16.5. The monoisotopic (exact) mass is 314 g/mol. The van der Waals surface area contributed by atoms with Gasteiger partial charge < -0.3 is 14.4 Å². The van der Waals surface area contributed by atoms with Crippen LogP contribution in [-0.2, 0) is 9.53 Å². The Morgan fingerprint density at radius 3 is 3.04 bits per heavy atom. The molecule has 1 atom stereocenters. The quantitative estimate of drug-likeness (QED) is 0.859. The molecule has 3 heterocycles. The Morgan fingerprint density at radius 1 is 1.39 bits per heavy atom. The smallest absolute Gasteiger partial charge is 0.249 e. The summed E-state index contributed by atoms with van der Waals surface area (Å²) in [6.07, 6.45) is 8.71. The Balaban J connectivity index is 1.34. The van der Waals surface area contributed by atoms with Crippen molar-refractivity contribution in [2.45, 2.75) is 43.8 Å². The maximum absolute atomic E-state index is 12.4. The number of ether oxygens (including phenoxy) is 2. The topological polar surface area (TPSA) is 51.7 Å². The minimum atomic E-state index is -0.216. The van der Waals surface area contributed by atoms with Crippen molar-refractivity contribution in [1.82, 2.24) is 9.88 Å². The summed E-state index contributed by atoms with van der Waals surface area (Å²) in [6.45, 7) is 2.05. The van der Waals surface area contributed by atoms with Crippen molar-refractivity contribution in [3.05, 3.63) is 36.0 Å². The molecule has 2 aliphatic heterocycles. The van der Waals surface area contributed by atoms with Crippen LogP contribution in [0.3, 0.4) is 0 Å². The molecule has 2 saturated heterocycles. The molecule has 4 rings (SSSR count). The zero-order valence-electron chi connectivity index (χ0n) is 13.2. The number of nitrogens with zero attached hydrogens (tertiary/aromatic N) is 2. The number of carbonyl (C=O) groups excluding carboxylic acids is 1. The number of pyridine rings is 1. The summed E-state index contributed by atoms with van der Waals surface area (Å²) in [7, 11) is 0. The number of rotatable bonds is 3. The number of likely N-dealkylation sites (tertiary alicyclic amines) is 1. The summed E-state index contributed by atoms with van der Waals surface area (Å²) in [5.74, 6) is 0.863. The summed E-state index contributed by atoms with van der Waals surface area (Å²) < 4.78 is 12.0. The lowest BCUT2D eigenvalue weighted by molar-refractivity contribution is -0.191. The van der Waals surface area contributed by atoms with Crippen molar-refractivity contribution < 1.29 is 14.3 Å². The largest absolute Gasteiger partial charge is 0.474 e. The van der Waals surface area contributed by atoms with Crippen LogP contribution >= 0.6 is 0 Å². The Labute approximate surface area is 136 Å². The van der Waals surface area contributed by atoms with E-state index in [0.717, 1.165) is 37.7 Å². The van der Waals surface area contributed by atoms with Gasteiger partial charge in [0.25, 0.3) is 0 Å². The van der Waals surface area contributed by atoms with Crippen molar-refractivity contribution in [2.75, 3.05) is 19.7 Å². The van der Waals surface area contributed by atoms with E-state index in [9.17, 15) is 4.79 Å². The SMILES string of the molecule is O=C(C1=CCCC1)N1CC2(C[C@@H](Oc3ccccn3)CCO2)C1. The van der Waals surface area contributed by atoms with Crippen LogP contribution in [0.2, 0.25) is 0 Å². The molecule has 3 aliphatic rings. The van der Waals surface area contributed by atoms with E-state index in [4.69, 9.17) is 9.47 Å². The van der Waals surface area contributed by atoms with Gasteiger partial charge in [0.1, 0.15) is 11.7 Å². The molecule has 5 heteroatoms. The Hall–Kier alpha value is -1.88. The van der Waals surface area contributed by atoms with E-state index in [0.29, 0.717) is 25.6 Å². The summed E-state index contributed by atoms with van der Waals surface area (Å²) in [4.78, 5) is 18.5. The van der Waals surface area contributed by atoms with Gasteiger partial charge in [-0.15, -0.1) is 0 Å². The molecule has 5 nitrogen and oxygen atoms in total. The average molecular weight is 314 g/mol. The van der Waals surface area contributed by atoms with Gasteiger partial charge in [-0.1, -0.05) is 12.1 Å². The second kappa shape index (κ2) is 5.96. The minimum absolute atomic E-state index is 0.113. The van der Waals surface area contributed by atoms with Gasteiger partial charge in [0.2, 0.25) is 11.8 Å². The number of hydrogen-bond donors (Lipinski definition) is 0. The molecule has 0 aromatic carbocycles. The maximum Gasteiger partial charge on any atom is 0.249 e. The van der Waals surface area contributed by atoms with E-state index >= 15 is 0 Å². The van der Waals surface area contributed by atoms with Crippen molar-refractivity contribution in [2.24, 2.45) is 0 Å². The molecule has 1 aromatic rings. The van der Waals surface area contributed by atoms with Gasteiger partial charge >= 0.3 is 0 Å². The summed E-state index contributed by atoms with van der Waals surface area (Å²) in [6, 6.07) is 5.69. The van der Waals surface area contributed by atoms with Crippen LogP contribution in [0.4, 0.5) is 0 Å². The van der Waals surface area contributed by atoms with E-state index in [1.54, 1.807) is 6.20 Å². The number of hydrogen-bond acceptors (Lipinski definition) is 4. The van der Waals surface area contributed by atoms with Crippen molar-refractivity contribution in [3.63, 3.8) is 0 Å². The van der Waals surface area contributed by atoms with E-state index in [1.165, 1.54) is 0 Å². The average Bonchev–Trinajstić information content (AvgIpc) is 3.07. The normalized spacial score (nSPS) is 25.8. The van der Waals surface area contributed by atoms with Gasteiger partial charge in [-0.05, 0) is 25.3 Å². The van der Waals surface area contributed by atoms with Crippen LogP contribution in [0.15, 0.2) is 36.0 Å². The Kier molecular flexibility index (Phi) is 3.81. The predicted molar refractivity (Wildman–Crippen MR) is 85.1 cm³/mol. The van der Waals surface area contributed by atoms with E-state index in [1.807, 2.05) is 23.1 Å². The van der Waals surface area contributed by atoms with Crippen LogP contribution in [0.1, 0.15) is 32.1 Å². The number of aromatic nitrogens is 1. The molecule has 0 N–H and O–H groups in total. The first-order chi connectivity index (χ1) is 11.2. The van der Waals surface area contributed by atoms with Crippen molar-refractivity contribution in [3.8, 4) is 5.88 Å². The minimum Gasteiger partial charge on any atom is -0.474 e. The molecule has 23 heavy (non-hydrogen) atoms. The van der Waals surface area contributed by atoms with Gasteiger partial charge in [-0.25, -0.2) is 4.98 Å². The van der Waals surface area contributed by atoms with E-state index in [2.05, 4.69) is 11.1 Å². The molecule has 0 unspecified atom stereocenters. The maximum atomic E-state index is 12.4. The molecule has 1 aromatic heterocycles. The summed E-state index contributed by atoms with van der Waals surface area (Å²) in [5, 5.41) is 0. The van der Waals surface area contributed by atoms with Crippen molar-refractivity contribution >= 4 is 5.91 Å². The fraction of sp³-hybridized carbons (Fsp3) is 0.556. The molecule has 2 fully saturated rings. The van der Waals surface area contributed by atoms with Gasteiger partial charge in [0, 0.05) is 30.7 Å². The van der Waals surface area contributed by atoms with E-state index < -0.39 is 0 Å². The molecule has 0 radical (unpaired) electrons. The zero-order chi connectivity index (χ0) is 15.7. The molecule has 122 valence electrons. The summed E-state index contributed by atoms with van der Waals surface area (Å²) in [5.41, 5.74) is 0.768. The third-order valence-corrected chi connectivity index (χ3v) is 4.93. The third kappa shape index (κ3) is 2.98. The Bertz CT molecular complexity index is 608. The molecular weight excluding hydrogens is 292 g/mol. The van der Waals surface area contributed by atoms with E-state index in [-0.39, 0.29) is 17.6 Å². The lowest BCUT2D eigenvalue weighted by atomic mass is 9.84. The first-order valence-corrected chi connectivity index (χ1v) is 8.44. The molecule has 1 spiro atoms. The molecule has 1 aliphatic carbocycles. The van der Waals surface area contributed by atoms with Crippen LogP contribution in [0, 0.1) is 0 Å². The lowest BCUT2D eigenvalue weighted by Gasteiger charge is -2.53. The van der Waals surface area contributed by atoms with Crippen LogP contribution < -0.4 is 4.74 Å². The fourth-order valence-corrected chi connectivity index (χ4v) is 3.75. The lowest BCUT2D eigenvalue weighted by Crippen LogP contribution is -2.67. The summed E-state index contributed by atoms with van der Waals surface area (Å²) >= 11 is 0. The number of allylic oxidation sites excluding steroid dienone is 1. The zero-order valence-corrected chi connectivity index (χ0v) is 13.2. The van der Waals surface area contributed by atoms with Gasteiger partial charge in [0.05, 0.1) is 19.7 Å². The molecular formula is C18H22N2O3. The fourth-order valence-electron chi connectivity index (χ4n) is 3.75. The number of amides is 1. The first-order valence-electron chi connectivity index (χ1n) is 8.44. The highest BCUT2D eigenvalue weighted by Gasteiger charge is 2.50. The van der Waals surface area contributed by atoms with Gasteiger partial charge in [-0.3, -0.25) is 4.79 Å². The second-order valence-corrected chi connectivity index (χ2v) is 6.71. The molecule has 0 saturated carbocycles. The van der Waals surface area contributed by atoms with Crippen LogP contribution in [0.5, 0.6) is 5.88 Å². The highest BCUT2D eigenvalue weighted by Crippen LogP contribution is 2.37. The highest BCUT2D eigenvalue weighted by molar-refractivity contribution is 5.94. The predicted octanol–water partition coefficient (Wildman–Crippen LogP) is 2.33. The van der Waals surface area contributed by atoms with Gasteiger partial charge in [-0.2, -0.15) is 0 Å². The standard InChI is InChI=1S/C18H22N2O3/c21-17(14-5-1-2-6-14)20-12-18(13-20)11-15(8-10-22-18)23-16-7-3-4-9-19-16/h3-5,7,9,15H,1-2,6,8,10-13H2/t15-/m0/s1. The third-order valence-electron chi connectivity index (χ3n) is 4.93. The molecule has 0 bridgehead atoms. The second-order valence-electron chi connectivity index (χ2n) is 6.71. The first kappa shape index (κ1) is 14.7. The van der Waals surface area contributed by atoms with Crippen molar-refractivity contribution in [1.29, 1.82) is 0 Å². The Morgan fingerprint density at radius 2 is 2.30 bits per heavy atom. The van der Waals surface area contributed by atoms with Gasteiger partial charge in [0.15, 0.2) is 0 Å².